The molecule has 0 spiro atoms. The SMILES string of the molecule is COc1ccc2[nH]c(=O)c(CCC(=O)Nc3cc(C(C)=O)ccc3C)cc2c1. The molecule has 1 amide bonds. The number of methoxy groups -OCH3 is 1. The normalized spacial score (nSPS) is 10.7. The molecular formula is C22H22N2O4. The Morgan fingerprint density at radius 2 is 1.89 bits per heavy atom. The maximum absolute atomic E-state index is 12.4. The number of aromatic nitrogens is 1. The van der Waals surface area contributed by atoms with Crippen LogP contribution < -0.4 is 15.6 Å². The topological polar surface area (TPSA) is 88.3 Å². The molecule has 3 aromatic rings. The van der Waals surface area contributed by atoms with Crippen molar-refractivity contribution in [2.75, 3.05) is 12.4 Å². The van der Waals surface area contributed by atoms with Crippen LogP contribution >= 0.6 is 0 Å². The molecule has 3 rings (SSSR count). The van der Waals surface area contributed by atoms with Gasteiger partial charge in [0.2, 0.25) is 5.91 Å². The van der Waals surface area contributed by atoms with Gasteiger partial charge in [0.25, 0.3) is 5.56 Å². The largest absolute Gasteiger partial charge is 0.497 e. The van der Waals surface area contributed by atoms with Crippen LogP contribution in [-0.4, -0.2) is 23.8 Å². The summed E-state index contributed by atoms with van der Waals surface area (Å²) in [4.78, 5) is 39.0. The molecule has 6 nitrogen and oxygen atoms in total. The minimum Gasteiger partial charge on any atom is -0.497 e. The summed E-state index contributed by atoms with van der Waals surface area (Å²) in [6.45, 7) is 3.35. The molecular weight excluding hydrogens is 356 g/mol. The van der Waals surface area contributed by atoms with Gasteiger partial charge < -0.3 is 15.0 Å². The number of benzene rings is 2. The van der Waals surface area contributed by atoms with Crippen molar-refractivity contribution in [1.29, 1.82) is 0 Å². The molecule has 0 fully saturated rings. The first-order chi connectivity index (χ1) is 13.4. The van der Waals surface area contributed by atoms with Crippen molar-refractivity contribution in [1.82, 2.24) is 4.98 Å². The predicted molar refractivity (Wildman–Crippen MR) is 109 cm³/mol. The van der Waals surface area contributed by atoms with Crippen molar-refractivity contribution < 1.29 is 14.3 Å². The average molecular weight is 378 g/mol. The minimum absolute atomic E-state index is 0.0615. The van der Waals surface area contributed by atoms with Gasteiger partial charge in [-0.05, 0) is 56.2 Å². The molecule has 1 aromatic heterocycles. The molecule has 0 aliphatic carbocycles. The fourth-order valence-electron chi connectivity index (χ4n) is 2.98. The van der Waals surface area contributed by atoms with Gasteiger partial charge in [-0.1, -0.05) is 12.1 Å². The van der Waals surface area contributed by atoms with Gasteiger partial charge in [-0.2, -0.15) is 0 Å². The lowest BCUT2D eigenvalue weighted by Gasteiger charge is -2.10. The summed E-state index contributed by atoms with van der Waals surface area (Å²) in [5.41, 5.74) is 3.06. The van der Waals surface area contributed by atoms with E-state index in [2.05, 4.69) is 10.3 Å². The van der Waals surface area contributed by atoms with E-state index in [1.807, 2.05) is 13.0 Å². The summed E-state index contributed by atoms with van der Waals surface area (Å²) in [5.74, 6) is 0.423. The molecule has 0 unspecified atom stereocenters. The van der Waals surface area contributed by atoms with E-state index in [1.165, 1.54) is 6.92 Å². The zero-order chi connectivity index (χ0) is 20.3. The maximum Gasteiger partial charge on any atom is 0.251 e. The Morgan fingerprint density at radius 3 is 2.61 bits per heavy atom. The van der Waals surface area contributed by atoms with E-state index in [9.17, 15) is 14.4 Å². The van der Waals surface area contributed by atoms with Gasteiger partial charge in [0.05, 0.1) is 7.11 Å². The van der Waals surface area contributed by atoms with Crippen LogP contribution in [0, 0.1) is 6.92 Å². The smallest absolute Gasteiger partial charge is 0.251 e. The van der Waals surface area contributed by atoms with Crippen molar-refractivity contribution in [2.45, 2.75) is 26.7 Å². The number of carbonyl (C=O) groups excluding carboxylic acids is 2. The van der Waals surface area contributed by atoms with Gasteiger partial charge >= 0.3 is 0 Å². The number of rotatable bonds is 6. The average Bonchev–Trinajstić information content (AvgIpc) is 2.67. The molecule has 0 radical (unpaired) electrons. The Bertz CT molecular complexity index is 1120. The summed E-state index contributed by atoms with van der Waals surface area (Å²) in [6, 6.07) is 12.4. The van der Waals surface area contributed by atoms with Crippen LogP contribution in [0.2, 0.25) is 0 Å². The molecule has 0 bridgehead atoms. The van der Waals surface area contributed by atoms with Crippen LogP contribution in [0.5, 0.6) is 5.75 Å². The minimum atomic E-state index is -0.214. The van der Waals surface area contributed by atoms with Gasteiger partial charge in [-0.3, -0.25) is 14.4 Å². The van der Waals surface area contributed by atoms with Crippen molar-refractivity contribution in [3.63, 3.8) is 0 Å². The number of amides is 1. The van der Waals surface area contributed by atoms with E-state index in [4.69, 9.17) is 4.74 Å². The third kappa shape index (κ3) is 4.28. The van der Waals surface area contributed by atoms with Crippen LogP contribution in [0.4, 0.5) is 5.69 Å². The van der Waals surface area contributed by atoms with Crippen LogP contribution in [0.25, 0.3) is 10.9 Å². The molecule has 2 aromatic carbocycles. The van der Waals surface area contributed by atoms with Gasteiger partial charge in [-0.15, -0.1) is 0 Å². The van der Waals surface area contributed by atoms with Gasteiger partial charge in [0, 0.05) is 34.1 Å². The first-order valence-corrected chi connectivity index (χ1v) is 8.99. The molecule has 0 aliphatic rings. The number of anilines is 1. The second-order valence-corrected chi connectivity index (χ2v) is 6.71. The lowest BCUT2D eigenvalue weighted by atomic mass is 10.1. The fourth-order valence-corrected chi connectivity index (χ4v) is 2.98. The Labute approximate surface area is 162 Å². The quantitative estimate of drug-likeness (QED) is 0.641. The number of Topliss-reactive ketones (excluding diaryl/α,β-unsaturated/α-hetero) is 1. The molecule has 28 heavy (non-hydrogen) atoms. The monoisotopic (exact) mass is 378 g/mol. The van der Waals surface area contributed by atoms with E-state index in [-0.39, 0.29) is 23.7 Å². The highest BCUT2D eigenvalue weighted by Gasteiger charge is 2.10. The molecule has 144 valence electrons. The molecule has 0 saturated carbocycles. The molecule has 1 heterocycles. The number of ketones is 1. The number of carbonyl (C=O) groups is 2. The summed E-state index contributed by atoms with van der Waals surface area (Å²) >= 11 is 0. The van der Waals surface area contributed by atoms with E-state index in [0.29, 0.717) is 29.0 Å². The van der Waals surface area contributed by atoms with E-state index in [0.717, 1.165) is 16.5 Å². The zero-order valence-corrected chi connectivity index (χ0v) is 16.1. The standard InChI is InChI=1S/C22H22N2O4/c1-13-4-5-15(14(2)25)12-20(13)23-21(26)9-6-16-10-17-11-18(28-3)7-8-19(17)24-22(16)27/h4-5,7-8,10-12H,6,9H2,1-3H3,(H,23,26)(H,24,27). The third-order valence-electron chi connectivity index (χ3n) is 4.67. The van der Waals surface area contributed by atoms with Crippen molar-refractivity contribution >= 4 is 28.3 Å². The van der Waals surface area contributed by atoms with Gasteiger partial charge in [0.1, 0.15) is 5.75 Å². The number of fused-ring (bicyclic) bond motifs is 1. The first kappa shape index (κ1) is 19.4. The summed E-state index contributed by atoms with van der Waals surface area (Å²) in [5, 5.41) is 3.67. The molecule has 0 saturated heterocycles. The van der Waals surface area contributed by atoms with Crippen LogP contribution in [-0.2, 0) is 11.2 Å². The van der Waals surface area contributed by atoms with Crippen molar-refractivity contribution in [3.8, 4) is 5.75 Å². The highest BCUT2D eigenvalue weighted by molar-refractivity contribution is 5.97. The van der Waals surface area contributed by atoms with E-state index in [1.54, 1.807) is 43.5 Å². The number of ether oxygens (including phenoxy) is 1. The lowest BCUT2D eigenvalue weighted by molar-refractivity contribution is -0.116. The lowest BCUT2D eigenvalue weighted by Crippen LogP contribution is -2.17. The fraction of sp³-hybridized carbons (Fsp3) is 0.227. The summed E-state index contributed by atoms with van der Waals surface area (Å²) < 4.78 is 5.21. The molecule has 0 atom stereocenters. The first-order valence-electron chi connectivity index (χ1n) is 8.99. The Morgan fingerprint density at radius 1 is 1.11 bits per heavy atom. The maximum atomic E-state index is 12.4. The third-order valence-corrected chi connectivity index (χ3v) is 4.67. The Balaban J connectivity index is 1.74. The Hall–Kier alpha value is -3.41. The number of aromatic amines is 1. The number of hydrogen-bond acceptors (Lipinski definition) is 4. The van der Waals surface area contributed by atoms with Gasteiger partial charge in [0.15, 0.2) is 5.78 Å². The van der Waals surface area contributed by atoms with Crippen molar-refractivity contribution in [2.24, 2.45) is 0 Å². The zero-order valence-electron chi connectivity index (χ0n) is 16.1. The predicted octanol–water partition coefficient (Wildman–Crippen LogP) is 3.62. The van der Waals surface area contributed by atoms with Crippen LogP contribution in [0.1, 0.15) is 34.8 Å². The summed E-state index contributed by atoms with van der Waals surface area (Å²) in [6.07, 6.45) is 0.460. The molecule has 6 heteroatoms. The number of aryl methyl sites for hydroxylation is 2. The number of H-pyrrole nitrogens is 1. The van der Waals surface area contributed by atoms with Crippen LogP contribution in [0.15, 0.2) is 47.3 Å². The highest BCUT2D eigenvalue weighted by atomic mass is 16.5. The number of pyridine rings is 1. The Kier molecular flexibility index (Phi) is 5.59. The number of nitrogens with one attached hydrogen (secondary N) is 2. The van der Waals surface area contributed by atoms with E-state index < -0.39 is 0 Å². The van der Waals surface area contributed by atoms with Crippen molar-refractivity contribution in [3.05, 3.63) is 69.5 Å². The summed E-state index contributed by atoms with van der Waals surface area (Å²) in [7, 11) is 1.58. The van der Waals surface area contributed by atoms with Gasteiger partial charge in [-0.25, -0.2) is 0 Å². The number of hydrogen-bond donors (Lipinski definition) is 2. The highest BCUT2D eigenvalue weighted by Crippen LogP contribution is 2.20. The molecule has 2 N–H and O–H groups in total. The second kappa shape index (κ2) is 8.08. The second-order valence-electron chi connectivity index (χ2n) is 6.71. The van der Waals surface area contributed by atoms with E-state index >= 15 is 0 Å². The van der Waals surface area contributed by atoms with Crippen LogP contribution in [0.3, 0.4) is 0 Å². The molecule has 0 aliphatic heterocycles.